The normalized spacial score (nSPS) is 11.0. The molecule has 0 aliphatic carbocycles. The van der Waals surface area contributed by atoms with Crippen molar-refractivity contribution >= 4 is 11.5 Å². The number of nitrogens with zero attached hydrogens (tertiary/aromatic N) is 1. The fourth-order valence-corrected chi connectivity index (χ4v) is 3.42. The summed E-state index contributed by atoms with van der Waals surface area (Å²) in [5.74, 6) is 1.73. The largest absolute Gasteiger partial charge is 0.493 e. The molecule has 8 heteroatoms. The maximum absolute atomic E-state index is 13.2. The van der Waals surface area contributed by atoms with E-state index in [-0.39, 0.29) is 12.1 Å². The number of carbonyl (C=O) groups excluding carboxylic acids is 1. The molecule has 3 aromatic rings. The summed E-state index contributed by atoms with van der Waals surface area (Å²) in [5.41, 5.74) is 1.85. The van der Waals surface area contributed by atoms with Gasteiger partial charge in [0.05, 0.1) is 28.4 Å². The van der Waals surface area contributed by atoms with Crippen LogP contribution < -0.4 is 23.7 Å². The second-order valence-corrected chi connectivity index (χ2v) is 7.23. The number of carbonyl (C=O) groups is 1. The first-order chi connectivity index (χ1) is 16.5. The van der Waals surface area contributed by atoms with Crippen molar-refractivity contribution in [2.24, 2.45) is 5.16 Å². The van der Waals surface area contributed by atoms with Gasteiger partial charge in [-0.3, -0.25) is 4.79 Å². The van der Waals surface area contributed by atoms with Gasteiger partial charge < -0.3 is 28.9 Å². The van der Waals surface area contributed by atoms with E-state index in [2.05, 4.69) is 5.16 Å². The Bertz CT molecular complexity index is 1130. The van der Waals surface area contributed by atoms with Gasteiger partial charge in [-0.15, -0.1) is 0 Å². The van der Waals surface area contributed by atoms with E-state index in [0.717, 1.165) is 5.56 Å². The van der Waals surface area contributed by atoms with Gasteiger partial charge in [0.2, 0.25) is 11.5 Å². The molecule has 178 valence electrons. The number of hydrogen-bond acceptors (Lipinski definition) is 8. The minimum Gasteiger partial charge on any atom is -0.493 e. The SMILES string of the molecule is COc1ccc(C(=O)C(Cc2cc(OC)c(OC)c(OC)c2)=NO)cc1OCc1ccccc1. The zero-order valence-corrected chi connectivity index (χ0v) is 19.5. The van der Waals surface area contributed by atoms with Crippen molar-refractivity contribution in [2.45, 2.75) is 13.0 Å². The van der Waals surface area contributed by atoms with Gasteiger partial charge in [0, 0.05) is 12.0 Å². The Morgan fingerprint density at radius 3 is 1.97 bits per heavy atom. The van der Waals surface area contributed by atoms with E-state index in [4.69, 9.17) is 23.7 Å². The first-order valence-corrected chi connectivity index (χ1v) is 10.4. The summed E-state index contributed by atoms with van der Waals surface area (Å²) >= 11 is 0. The molecule has 0 radical (unpaired) electrons. The molecule has 0 spiro atoms. The summed E-state index contributed by atoms with van der Waals surface area (Å²) in [6, 6.07) is 17.8. The van der Waals surface area contributed by atoms with Crippen LogP contribution in [0.25, 0.3) is 0 Å². The zero-order chi connectivity index (χ0) is 24.5. The number of benzene rings is 3. The fraction of sp³-hybridized carbons (Fsp3) is 0.231. The molecule has 0 aromatic heterocycles. The van der Waals surface area contributed by atoms with Crippen molar-refractivity contribution in [3.8, 4) is 28.7 Å². The van der Waals surface area contributed by atoms with E-state index in [1.54, 1.807) is 30.3 Å². The van der Waals surface area contributed by atoms with Crippen molar-refractivity contribution in [3.05, 3.63) is 77.4 Å². The van der Waals surface area contributed by atoms with Gasteiger partial charge in [-0.1, -0.05) is 35.5 Å². The van der Waals surface area contributed by atoms with E-state index in [1.807, 2.05) is 30.3 Å². The van der Waals surface area contributed by atoms with Crippen LogP contribution in [-0.4, -0.2) is 45.1 Å². The monoisotopic (exact) mass is 465 g/mol. The first kappa shape index (κ1) is 24.4. The molecule has 0 atom stereocenters. The Kier molecular flexibility index (Phi) is 8.34. The standard InChI is InChI=1S/C26H27NO7/c1-30-21-11-10-19(15-22(21)34-16-17-8-6-5-7-9-17)25(28)20(27-29)12-18-13-23(31-2)26(33-4)24(14-18)32-3/h5-11,13-15,29H,12,16H2,1-4H3. The molecule has 34 heavy (non-hydrogen) atoms. The molecular weight excluding hydrogens is 438 g/mol. The highest BCUT2D eigenvalue weighted by atomic mass is 16.5. The van der Waals surface area contributed by atoms with Crippen molar-refractivity contribution in [3.63, 3.8) is 0 Å². The van der Waals surface area contributed by atoms with Crippen molar-refractivity contribution < 1.29 is 33.7 Å². The molecule has 0 heterocycles. The number of hydrogen-bond donors (Lipinski definition) is 1. The van der Waals surface area contributed by atoms with Gasteiger partial charge in [0.15, 0.2) is 23.0 Å². The lowest BCUT2D eigenvalue weighted by Gasteiger charge is -2.15. The Morgan fingerprint density at radius 1 is 0.765 bits per heavy atom. The molecule has 0 fully saturated rings. The summed E-state index contributed by atoms with van der Waals surface area (Å²) in [6.07, 6.45) is 0.0400. The Hall–Kier alpha value is -4.20. The topological polar surface area (TPSA) is 95.8 Å². The zero-order valence-electron chi connectivity index (χ0n) is 19.5. The number of oxime groups is 1. The minimum absolute atomic E-state index is 0.0400. The van der Waals surface area contributed by atoms with E-state index < -0.39 is 5.78 Å². The van der Waals surface area contributed by atoms with Gasteiger partial charge in [-0.05, 0) is 41.5 Å². The third kappa shape index (κ3) is 5.58. The molecule has 0 aliphatic heterocycles. The van der Waals surface area contributed by atoms with Crippen LogP contribution in [0.4, 0.5) is 0 Å². The summed E-state index contributed by atoms with van der Waals surface area (Å²) in [5, 5.41) is 12.9. The van der Waals surface area contributed by atoms with Crippen molar-refractivity contribution in [2.75, 3.05) is 28.4 Å². The molecule has 3 rings (SSSR count). The lowest BCUT2D eigenvalue weighted by Crippen LogP contribution is -2.18. The van der Waals surface area contributed by atoms with Gasteiger partial charge in [0.25, 0.3) is 0 Å². The predicted molar refractivity (Wildman–Crippen MR) is 127 cm³/mol. The molecule has 0 saturated heterocycles. The van der Waals surface area contributed by atoms with Crippen LogP contribution in [0.2, 0.25) is 0 Å². The second-order valence-electron chi connectivity index (χ2n) is 7.23. The van der Waals surface area contributed by atoms with E-state index in [1.165, 1.54) is 28.4 Å². The lowest BCUT2D eigenvalue weighted by atomic mass is 9.99. The fourth-order valence-electron chi connectivity index (χ4n) is 3.42. The number of ether oxygens (including phenoxy) is 5. The highest BCUT2D eigenvalue weighted by molar-refractivity contribution is 6.46. The smallest absolute Gasteiger partial charge is 0.211 e. The summed E-state index contributed by atoms with van der Waals surface area (Å²) in [4.78, 5) is 13.2. The molecule has 0 bridgehead atoms. The summed E-state index contributed by atoms with van der Waals surface area (Å²) < 4.78 is 27.3. The third-order valence-electron chi connectivity index (χ3n) is 5.14. The van der Waals surface area contributed by atoms with E-state index >= 15 is 0 Å². The minimum atomic E-state index is -0.455. The molecule has 0 amide bonds. The van der Waals surface area contributed by atoms with Crippen LogP contribution in [0.5, 0.6) is 28.7 Å². The highest BCUT2D eigenvalue weighted by Crippen LogP contribution is 2.38. The van der Waals surface area contributed by atoms with Gasteiger partial charge >= 0.3 is 0 Å². The number of methoxy groups -OCH3 is 4. The van der Waals surface area contributed by atoms with Crippen LogP contribution in [-0.2, 0) is 13.0 Å². The maximum Gasteiger partial charge on any atom is 0.211 e. The van der Waals surface area contributed by atoms with Crippen molar-refractivity contribution in [1.29, 1.82) is 0 Å². The maximum atomic E-state index is 13.2. The van der Waals surface area contributed by atoms with E-state index in [9.17, 15) is 10.0 Å². The van der Waals surface area contributed by atoms with Gasteiger partial charge in [-0.25, -0.2) is 0 Å². The Labute approximate surface area is 198 Å². The number of Topliss-reactive ketones (excluding diaryl/α,β-unsaturated/α-hetero) is 1. The third-order valence-corrected chi connectivity index (χ3v) is 5.14. The molecule has 0 aliphatic rings. The summed E-state index contributed by atoms with van der Waals surface area (Å²) in [7, 11) is 6.03. The van der Waals surface area contributed by atoms with Crippen LogP contribution in [0.1, 0.15) is 21.5 Å². The van der Waals surface area contributed by atoms with Crippen molar-refractivity contribution in [1.82, 2.24) is 0 Å². The molecule has 1 N–H and O–H groups in total. The van der Waals surface area contributed by atoms with E-state index in [0.29, 0.717) is 46.5 Å². The van der Waals surface area contributed by atoms with Gasteiger partial charge in [-0.2, -0.15) is 0 Å². The number of rotatable bonds is 11. The van der Waals surface area contributed by atoms with Crippen LogP contribution >= 0.6 is 0 Å². The average Bonchev–Trinajstić information content (AvgIpc) is 2.89. The second kappa shape index (κ2) is 11.6. The first-order valence-electron chi connectivity index (χ1n) is 10.4. The Balaban J connectivity index is 1.85. The van der Waals surface area contributed by atoms with Crippen LogP contribution in [0, 0.1) is 0 Å². The summed E-state index contributed by atoms with van der Waals surface area (Å²) in [6.45, 7) is 0.307. The highest BCUT2D eigenvalue weighted by Gasteiger charge is 2.20. The predicted octanol–water partition coefficient (Wildman–Crippen LogP) is 4.56. The number of ketones is 1. The Morgan fingerprint density at radius 2 is 1.41 bits per heavy atom. The molecule has 0 unspecified atom stereocenters. The van der Waals surface area contributed by atoms with Crippen LogP contribution in [0.15, 0.2) is 65.8 Å². The molecular formula is C26H27NO7. The average molecular weight is 466 g/mol. The van der Waals surface area contributed by atoms with Gasteiger partial charge in [0.1, 0.15) is 12.3 Å². The quantitative estimate of drug-likeness (QED) is 0.192. The molecule has 3 aromatic carbocycles. The molecule has 0 saturated carbocycles. The lowest BCUT2D eigenvalue weighted by molar-refractivity contribution is 0.105. The van der Waals surface area contributed by atoms with Crippen LogP contribution in [0.3, 0.4) is 0 Å². The molecule has 8 nitrogen and oxygen atoms in total.